The molecule has 1 unspecified atom stereocenters. The Morgan fingerprint density at radius 3 is 2.23 bits per heavy atom. The lowest BCUT2D eigenvalue weighted by Gasteiger charge is -2.27. The van der Waals surface area contributed by atoms with E-state index < -0.39 is 51.4 Å². The average Bonchev–Trinajstić information content (AvgIpc) is 3.95. The molecule has 6 rings (SSSR count). The molecule has 14 nitrogen and oxygen atoms in total. The van der Waals surface area contributed by atoms with Crippen molar-refractivity contribution in [1.82, 2.24) is 30.3 Å². The molecule has 18 heteroatoms. The molecule has 1 atom stereocenters. The summed E-state index contributed by atoms with van der Waals surface area (Å²) in [5.74, 6) is -0.669. The van der Waals surface area contributed by atoms with Crippen LogP contribution in [0.4, 0.5) is 30.8 Å². The highest BCUT2D eigenvalue weighted by Crippen LogP contribution is 2.48. The van der Waals surface area contributed by atoms with Gasteiger partial charge in [-0.2, -0.15) is 32.8 Å². The normalized spacial score (nSPS) is 17.8. The maximum absolute atomic E-state index is 12.9. The van der Waals surface area contributed by atoms with E-state index in [4.69, 9.17) is 9.47 Å². The van der Waals surface area contributed by atoms with E-state index in [0.29, 0.717) is 43.4 Å². The molecule has 2 amide bonds. The monoisotopic (exact) mass is 746 g/mol. The first-order valence-corrected chi connectivity index (χ1v) is 18.5. The number of benzene rings is 2. The highest BCUT2D eigenvalue weighted by molar-refractivity contribution is 7.90. The molecule has 2 aromatic carbocycles. The molecule has 0 bridgehead atoms. The van der Waals surface area contributed by atoms with E-state index >= 15 is 0 Å². The number of aryl methyl sites for hydroxylation is 1. The molecule has 3 fully saturated rings. The smallest absolute Gasteiger partial charge is 0.422 e. The van der Waals surface area contributed by atoms with Crippen LogP contribution in [-0.2, 0) is 25.1 Å². The van der Waals surface area contributed by atoms with Crippen LogP contribution < -0.4 is 30.7 Å². The van der Waals surface area contributed by atoms with E-state index in [0.717, 1.165) is 24.0 Å². The van der Waals surface area contributed by atoms with Gasteiger partial charge in [-0.1, -0.05) is 29.8 Å². The van der Waals surface area contributed by atoms with Crippen molar-refractivity contribution in [1.29, 1.82) is 0 Å². The van der Waals surface area contributed by atoms with Crippen LogP contribution in [0, 0.1) is 6.92 Å². The van der Waals surface area contributed by atoms with E-state index in [1.54, 1.807) is 24.3 Å². The van der Waals surface area contributed by atoms with E-state index in [1.807, 2.05) is 31.2 Å². The number of halogens is 3. The predicted molar refractivity (Wildman–Crippen MR) is 184 cm³/mol. The van der Waals surface area contributed by atoms with Crippen molar-refractivity contribution in [3.63, 3.8) is 0 Å². The summed E-state index contributed by atoms with van der Waals surface area (Å²) in [6.45, 7) is 0.615. The van der Waals surface area contributed by atoms with E-state index in [2.05, 4.69) is 40.9 Å². The highest BCUT2D eigenvalue weighted by Gasteiger charge is 2.53. The van der Waals surface area contributed by atoms with Crippen LogP contribution in [0.1, 0.15) is 72.9 Å². The molecule has 0 spiro atoms. The first kappa shape index (κ1) is 37.2. The first-order chi connectivity index (χ1) is 24.7. The summed E-state index contributed by atoms with van der Waals surface area (Å²) in [4.78, 5) is 37.9. The number of amides is 2. The van der Waals surface area contributed by atoms with Crippen LogP contribution in [-0.4, -0.2) is 78.6 Å². The quantitative estimate of drug-likeness (QED) is 0.0930. The molecular formula is C34H41F3N8O6S. The van der Waals surface area contributed by atoms with E-state index in [1.165, 1.54) is 7.11 Å². The van der Waals surface area contributed by atoms with Gasteiger partial charge in [-0.25, -0.2) is 8.42 Å². The third-order valence-corrected chi connectivity index (χ3v) is 11.0. The Labute approximate surface area is 299 Å². The third-order valence-electron chi connectivity index (χ3n) is 9.10. The average molecular weight is 747 g/mol. The number of methoxy groups -OCH3 is 1. The van der Waals surface area contributed by atoms with Crippen LogP contribution in [0.5, 0.6) is 6.01 Å². The highest BCUT2D eigenvalue weighted by atomic mass is 32.2. The van der Waals surface area contributed by atoms with Gasteiger partial charge in [-0.05, 0) is 81.7 Å². The zero-order valence-corrected chi connectivity index (χ0v) is 29.5. The number of anilines is 3. The summed E-state index contributed by atoms with van der Waals surface area (Å²) in [5, 5.41) is 11.4. The Bertz CT molecular complexity index is 1870. The zero-order valence-electron chi connectivity index (χ0n) is 28.7. The van der Waals surface area contributed by atoms with Crippen LogP contribution in [0.3, 0.4) is 0 Å². The van der Waals surface area contributed by atoms with Crippen LogP contribution >= 0.6 is 0 Å². The molecule has 0 saturated heterocycles. The second-order valence-corrected chi connectivity index (χ2v) is 15.5. The fraction of sp³-hybridized carbons (Fsp3) is 0.500. The Hall–Kier alpha value is -4.55. The number of ether oxygens (including phenoxy) is 2. The summed E-state index contributed by atoms with van der Waals surface area (Å²) >= 11 is 0. The second kappa shape index (κ2) is 14.8. The number of carbonyl (C=O) groups is 2. The van der Waals surface area contributed by atoms with Gasteiger partial charge in [0.15, 0.2) is 6.61 Å². The van der Waals surface area contributed by atoms with Crippen molar-refractivity contribution < 1.29 is 40.7 Å². The van der Waals surface area contributed by atoms with Crippen molar-refractivity contribution in [2.24, 2.45) is 0 Å². The molecule has 52 heavy (non-hydrogen) atoms. The van der Waals surface area contributed by atoms with Crippen molar-refractivity contribution in [2.45, 2.75) is 87.0 Å². The lowest BCUT2D eigenvalue weighted by molar-refractivity contribution is -0.154. The predicted octanol–water partition coefficient (Wildman–Crippen LogP) is 4.18. The maximum atomic E-state index is 12.9. The molecule has 3 aromatic rings. The Morgan fingerprint density at radius 1 is 0.962 bits per heavy atom. The van der Waals surface area contributed by atoms with Crippen LogP contribution in [0.15, 0.2) is 48.5 Å². The number of aromatic nitrogens is 3. The molecule has 3 saturated carbocycles. The fourth-order valence-corrected chi connectivity index (χ4v) is 7.27. The standard InChI is InChI=1S/C34H41F3N8O6S/c1-21-5-9-23(10-6-21)32(15-16-32)44-30-40-29(41-31(42-30)51-20-34(35,36)37)39-24-11-7-22(8-12-24)27(47)38-19-3-4-26(46)43-33(17-18-33)28(50-2)45-52(48,49)25-13-14-25/h5-12,25,28,45H,3-4,13-20H2,1-2H3,(H,38,47)(H,43,46)(H2,39,40,41,42,44). The van der Waals surface area contributed by atoms with Gasteiger partial charge in [0.1, 0.15) is 6.23 Å². The molecule has 1 heterocycles. The van der Waals surface area contributed by atoms with Gasteiger partial charge >= 0.3 is 12.2 Å². The molecule has 0 aliphatic heterocycles. The van der Waals surface area contributed by atoms with Crippen molar-refractivity contribution in [3.05, 3.63) is 65.2 Å². The summed E-state index contributed by atoms with van der Waals surface area (Å²) in [6, 6.07) is 13.7. The molecule has 5 N–H and O–H groups in total. The van der Waals surface area contributed by atoms with Crippen molar-refractivity contribution in [3.8, 4) is 6.01 Å². The molecule has 280 valence electrons. The largest absolute Gasteiger partial charge is 0.454 e. The topological polar surface area (TPSA) is 186 Å². The number of hydrogen-bond donors (Lipinski definition) is 5. The summed E-state index contributed by atoms with van der Waals surface area (Å²) in [6.07, 6.45) is -1.04. The number of hydrogen-bond acceptors (Lipinski definition) is 11. The summed E-state index contributed by atoms with van der Waals surface area (Å²) < 4.78 is 76.4. The fourth-order valence-electron chi connectivity index (χ4n) is 5.70. The van der Waals surface area contributed by atoms with Crippen LogP contribution in [0.2, 0.25) is 0 Å². The SMILES string of the molecule is COC(NS(=O)(=O)C1CC1)C1(NC(=O)CCCNC(=O)c2ccc(Nc3nc(NC4(c5ccc(C)cc5)CC4)nc(OCC(F)(F)F)n3)cc2)CC1. The van der Waals surface area contributed by atoms with Gasteiger partial charge in [0.2, 0.25) is 27.8 Å². The minimum atomic E-state index is -4.59. The van der Waals surface area contributed by atoms with Gasteiger partial charge in [0, 0.05) is 31.3 Å². The minimum Gasteiger partial charge on any atom is -0.454 e. The van der Waals surface area contributed by atoms with E-state index in [9.17, 15) is 31.2 Å². The molecule has 3 aliphatic rings. The Balaban J connectivity index is 1.01. The van der Waals surface area contributed by atoms with Crippen LogP contribution in [0.25, 0.3) is 0 Å². The third kappa shape index (κ3) is 9.65. The molecule has 3 aliphatic carbocycles. The minimum absolute atomic E-state index is 0.0430. The van der Waals surface area contributed by atoms with Gasteiger partial charge in [-0.3, -0.25) is 9.59 Å². The molecular weight excluding hydrogens is 705 g/mol. The number of rotatable bonds is 18. The Morgan fingerprint density at radius 2 is 1.63 bits per heavy atom. The summed E-state index contributed by atoms with van der Waals surface area (Å²) in [7, 11) is -2.11. The zero-order chi connectivity index (χ0) is 37.1. The van der Waals surface area contributed by atoms with Gasteiger partial charge in [-0.15, -0.1) is 0 Å². The van der Waals surface area contributed by atoms with Crippen molar-refractivity contribution >= 4 is 39.4 Å². The lowest BCUT2D eigenvalue weighted by atomic mass is 10.0. The van der Waals surface area contributed by atoms with E-state index in [-0.39, 0.29) is 36.7 Å². The van der Waals surface area contributed by atoms with Crippen molar-refractivity contribution in [2.75, 3.05) is 30.9 Å². The summed E-state index contributed by atoms with van der Waals surface area (Å²) in [5.41, 5.74) is 1.63. The second-order valence-electron chi connectivity index (χ2n) is 13.5. The van der Waals surface area contributed by atoms with Gasteiger partial charge < -0.3 is 30.7 Å². The number of alkyl halides is 3. The molecule has 0 radical (unpaired) electrons. The number of nitrogens with zero attached hydrogens (tertiary/aromatic N) is 3. The van der Waals surface area contributed by atoms with Gasteiger partial charge in [0.05, 0.1) is 16.3 Å². The maximum Gasteiger partial charge on any atom is 0.422 e. The first-order valence-electron chi connectivity index (χ1n) is 17.0. The number of carbonyl (C=O) groups excluding carboxylic acids is 2. The lowest BCUT2D eigenvalue weighted by Crippen LogP contribution is -2.55. The Kier molecular flexibility index (Phi) is 10.6. The van der Waals surface area contributed by atoms with Gasteiger partial charge in [0.25, 0.3) is 5.91 Å². The number of sulfonamides is 1. The number of nitrogens with one attached hydrogen (secondary N) is 5. The molecule has 1 aromatic heterocycles.